The number of aryl methyl sites for hydroxylation is 1. The lowest BCUT2D eigenvalue weighted by Crippen LogP contribution is -2.13. The molecule has 0 bridgehead atoms. The van der Waals surface area contributed by atoms with Crippen LogP contribution in [0.3, 0.4) is 0 Å². The lowest BCUT2D eigenvalue weighted by atomic mass is 10.1. The highest BCUT2D eigenvalue weighted by molar-refractivity contribution is 9.10. The van der Waals surface area contributed by atoms with Crippen LogP contribution in [0.1, 0.15) is 12.1 Å². The summed E-state index contributed by atoms with van der Waals surface area (Å²) >= 11 is 15.7. The minimum atomic E-state index is -4.01. The maximum Gasteiger partial charge on any atom is 0.241 e. The van der Waals surface area contributed by atoms with E-state index >= 15 is 0 Å². The zero-order chi connectivity index (χ0) is 21.0. The Morgan fingerprint density at radius 1 is 1.10 bits per heavy atom. The van der Waals surface area contributed by atoms with Crippen LogP contribution in [0.5, 0.6) is 5.88 Å². The fourth-order valence-corrected chi connectivity index (χ4v) is 4.21. The van der Waals surface area contributed by atoms with Crippen molar-refractivity contribution in [3.63, 3.8) is 0 Å². The molecule has 0 amide bonds. The van der Waals surface area contributed by atoms with Crippen LogP contribution < -0.4 is 9.88 Å². The fourth-order valence-electron chi connectivity index (χ4n) is 2.54. The highest BCUT2D eigenvalue weighted by Gasteiger charge is 2.21. The van der Waals surface area contributed by atoms with Gasteiger partial charge in [0.1, 0.15) is 15.2 Å². The largest absolute Gasteiger partial charge is 0.476 e. The number of hydrogen-bond donors (Lipinski definition) is 1. The first kappa shape index (κ1) is 21.9. The summed E-state index contributed by atoms with van der Waals surface area (Å²) in [4.78, 5) is 12.6. The van der Waals surface area contributed by atoms with E-state index in [-0.39, 0.29) is 20.8 Å². The predicted molar refractivity (Wildman–Crippen MR) is 115 cm³/mol. The van der Waals surface area contributed by atoms with Crippen molar-refractivity contribution in [2.75, 3.05) is 6.61 Å². The molecule has 0 saturated carbocycles. The highest BCUT2D eigenvalue weighted by Crippen LogP contribution is 2.39. The van der Waals surface area contributed by atoms with Gasteiger partial charge < -0.3 is 4.74 Å². The summed E-state index contributed by atoms with van der Waals surface area (Å²) in [5, 5.41) is 4.97. The molecule has 0 fully saturated rings. The fraction of sp³-hybridized carbons (Fsp3) is 0.167. The molecule has 0 radical (unpaired) electrons. The topological polar surface area (TPSA) is 108 Å². The van der Waals surface area contributed by atoms with E-state index in [9.17, 15) is 8.42 Å². The molecule has 0 atom stereocenters. The van der Waals surface area contributed by atoms with E-state index in [2.05, 4.69) is 30.9 Å². The number of pyridine rings is 1. The molecular weight excluding hydrogens is 503 g/mol. The molecule has 152 valence electrons. The smallest absolute Gasteiger partial charge is 0.241 e. The van der Waals surface area contributed by atoms with Crippen LogP contribution in [-0.2, 0) is 16.4 Å². The van der Waals surface area contributed by atoms with Gasteiger partial charge in [-0.25, -0.2) is 23.5 Å². The molecule has 3 rings (SSSR count). The molecule has 2 heterocycles. The number of primary sulfonamides is 1. The maximum absolute atomic E-state index is 11.6. The average molecular weight is 518 g/mol. The Kier molecular flexibility index (Phi) is 7.07. The lowest BCUT2D eigenvalue weighted by Gasteiger charge is -2.13. The molecule has 0 aliphatic heterocycles. The zero-order valence-corrected chi connectivity index (χ0v) is 18.8. The molecule has 0 spiro atoms. The maximum atomic E-state index is 11.6. The van der Waals surface area contributed by atoms with Crippen molar-refractivity contribution in [1.29, 1.82) is 0 Å². The molecule has 0 aliphatic rings. The van der Waals surface area contributed by atoms with Crippen molar-refractivity contribution in [2.24, 2.45) is 5.14 Å². The third kappa shape index (κ3) is 5.43. The summed E-state index contributed by atoms with van der Waals surface area (Å²) in [6, 6.07) is 8.47. The van der Waals surface area contributed by atoms with Gasteiger partial charge in [-0.3, -0.25) is 4.98 Å². The van der Waals surface area contributed by atoms with Gasteiger partial charge in [-0.05, 0) is 53.0 Å². The van der Waals surface area contributed by atoms with Crippen LogP contribution in [0.25, 0.3) is 11.3 Å². The summed E-state index contributed by atoms with van der Waals surface area (Å²) in [6.45, 7) is 0.370. The van der Waals surface area contributed by atoms with E-state index < -0.39 is 10.0 Å². The molecule has 0 saturated heterocycles. The van der Waals surface area contributed by atoms with E-state index in [0.29, 0.717) is 28.9 Å². The summed E-state index contributed by atoms with van der Waals surface area (Å²) in [6.07, 6.45) is 4.68. The molecule has 2 aromatic heterocycles. The van der Waals surface area contributed by atoms with Crippen LogP contribution in [-0.4, -0.2) is 30.0 Å². The van der Waals surface area contributed by atoms with Crippen molar-refractivity contribution >= 4 is 49.2 Å². The molecule has 0 unspecified atom stereocenters. The summed E-state index contributed by atoms with van der Waals surface area (Å²) < 4.78 is 29.5. The number of nitrogens with two attached hydrogens (primary N) is 1. The van der Waals surface area contributed by atoms with Crippen molar-refractivity contribution < 1.29 is 13.2 Å². The summed E-state index contributed by atoms with van der Waals surface area (Å²) in [7, 11) is -4.01. The van der Waals surface area contributed by atoms with Crippen molar-refractivity contribution in [3.05, 3.63) is 63.1 Å². The standard InChI is InChI=1S/C18H15BrCl2N4O3S/c19-14-10-24-17(12-6-7-13(29(22,26)27)16(21)15(12)20)18(25-14)28-9-3-5-11-4-1-2-8-23-11/h1-2,4,6-8,10H,3,5,9H2,(H2,22,26,27). The average Bonchev–Trinajstić information content (AvgIpc) is 2.68. The summed E-state index contributed by atoms with van der Waals surface area (Å²) in [5.74, 6) is 0.238. The third-order valence-corrected chi connectivity index (χ3v) is 6.19. The molecule has 7 nitrogen and oxygen atoms in total. The Hall–Kier alpha value is -1.78. The number of halogens is 3. The van der Waals surface area contributed by atoms with Crippen LogP contribution in [0.2, 0.25) is 10.0 Å². The van der Waals surface area contributed by atoms with Gasteiger partial charge in [0.05, 0.1) is 22.8 Å². The Bertz CT molecular complexity index is 1130. The number of sulfonamides is 1. The Labute approximate surface area is 186 Å². The van der Waals surface area contributed by atoms with Crippen LogP contribution >= 0.6 is 39.1 Å². The zero-order valence-electron chi connectivity index (χ0n) is 14.8. The number of rotatable bonds is 7. The second-order valence-corrected chi connectivity index (χ2v) is 9.00. The first-order valence-electron chi connectivity index (χ1n) is 8.34. The first-order valence-corrected chi connectivity index (χ1v) is 11.4. The first-order chi connectivity index (χ1) is 13.8. The van der Waals surface area contributed by atoms with E-state index in [1.165, 1.54) is 18.3 Å². The Balaban J connectivity index is 1.84. The van der Waals surface area contributed by atoms with Crippen LogP contribution in [0, 0.1) is 0 Å². The number of hydrogen-bond acceptors (Lipinski definition) is 6. The number of benzene rings is 1. The van der Waals surface area contributed by atoms with Crippen molar-refractivity contribution in [3.8, 4) is 17.1 Å². The SMILES string of the molecule is NS(=O)(=O)c1ccc(-c2ncc(Br)nc2OCCCc2ccccn2)c(Cl)c1Cl. The van der Waals surface area contributed by atoms with E-state index in [1.807, 2.05) is 18.2 Å². The molecule has 2 N–H and O–H groups in total. The second kappa shape index (κ2) is 9.36. The van der Waals surface area contributed by atoms with Crippen molar-refractivity contribution in [1.82, 2.24) is 15.0 Å². The van der Waals surface area contributed by atoms with Gasteiger partial charge in [-0.1, -0.05) is 29.3 Å². The second-order valence-electron chi connectivity index (χ2n) is 5.90. The number of nitrogens with zero attached hydrogens (tertiary/aromatic N) is 3. The predicted octanol–water partition coefficient (Wildman–Crippen LogP) is 4.27. The monoisotopic (exact) mass is 516 g/mol. The lowest BCUT2D eigenvalue weighted by molar-refractivity contribution is 0.298. The van der Waals surface area contributed by atoms with Gasteiger partial charge >= 0.3 is 0 Å². The van der Waals surface area contributed by atoms with Gasteiger partial charge in [0.25, 0.3) is 0 Å². The minimum absolute atomic E-state index is 0.00634. The normalized spacial score (nSPS) is 11.4. The molecule has 3 aromatic rings. The Morgan fingerprint density at radius 2 is 1.90 bits per heavy atom. The van der Waals surface area contributed by atoms with Crippen LogP contribution in [0.4, 0.5) is 0 Å². The highest BCUT2D eigenvalue weighted by atomic mass is 79.9. The van der Waals surface area contributed by atoms with Crippen molar-refractivity contribution in [2.45, 2.75) is 17.7 Å². The van der Waals surface area contributed by atoms with Gasteiger partial charge in [-0.2, -0.15) is 0 Å². The molecule has 0 aliphatic carbocycles. The number of ether oxygens (including phenoxy) is 1. The van der Waals surface area contributed by atoms with Crippen LogP contribution in [0.15, 0.2) is 52.2 Å². The minimum Gasteiger partial charge on any atom is -0.476 e. The van der Waals surface area contributed by atoms with E-state index in [1.54, 1.807) is 6.20 Å². The van der Waals surface area contributed by atoms with Gasteiger partial charge in [0.15, 0.2) is 0 Å². The Morgan fingerprint density at radius 3 is 2.59 bits per heavy atom. The summed E-state index contributed by atoms with van der Waals surface area (Å²) in [5.41, 5.74) is 1.67. The molecule has 1 aromatic carbocycles. The van der Waals surface area contributed by atoms with Gasteiger partial charge in [0.2, 0.25) is 15.9 Å². The number of aromatic nitrogens is 3. The van der Waals surface area contributed by atoms with E-state index in [0.717, 1.165) is 12.1 Å². The van der Waals surface area contributed by atoms with E-state index in [4.69, 9.17) is 33.1 Å². The van der Waals surface area contributed by atoms with Gasteiger partial charge in [0, 0.05) is 17.5 Å². The van der Waals surface area contributed by atoms with Gasteiger partial charge in [-0.15, -0.1) is 0 Å². The molecule has 11 heteroatoms. The molecule has 29 heavy (non-hydrogen) atoms. The molecular formula is C18H15BrCl2N4O3S. The third-order valence-electron chi connectivity index (χ3n) is 3.86. The quantitative estimate of drug-likeness (QED) is 0.469.